The van der Waals surface area contributed by atoms with Gasteiger partial charge in [0.15, 0.2) is 5.78 Å². The summed E-state index contributed by atoms with van der Waals surface area (Å²) in [5.41, 5.74) is 1.97. The molecule has 162 valence electrons. The van der Waals surface area contributed by atoms with Crippen molar-refractivity contribution in [3.05, 3.63) is 75.7 Å². The third-order valence-electron chi connectivity index (χ3n) is 5.44. The molecule has 0 aliphatic heterocycles. The Bertz CT molecular complexity index is 1130. The van der Waals surface area contributed by atoms with E-state index < -0.39 is 0 Å². The van der Waals surface area contributed by atoms with Crippen LogP contribution in [0.4, 0.5) is 5.00 Å². The molecule has 0 radical (unpaired) electrons. The first-order chi connectivity index (χ1) is 15.6. The van der Waals surface area contributed by atoms with Gasteiger partial charge in [-0.2, -0.15) is 10.5 Å². The van der Waals surface area contributed by atoms with Crippen LogP contribution in [0.5, 0.6) is 0 Å². The number of carbonyl (C=O) groups is 1. The van der Waals surface area contributed by atoms with Crippen molar-refractivity contribution >= 4 is 33.8 Å². The van der Waals surface area contributed by atoms with Crippen LogP contribution < -0.4 is 4.90 Å². The van der Waals surface area contributed by atoms with Crippen LogP contribution in [-0.2, 0) is 0 Å². The van der Waals surface area contributed by atoms with Crippen molar-refractivity contribution in [2.24, 2.45) is 0 Å². The van der Waals surface area contributed by atoms with Gasteiger partial charge in [-0.05, 0) is 36.6 Å². The van der Waals surface area contributed by atoms with E-state index in [-0.39, 0.29) is 11.4 Å². The highest BCUT2D eigenvalue weighted by Gasteiger charge is 2.31. The number of fused-ring (bicyclic) bond motifs is 1. The molecule has 5 heteroatoms. The Morgan fingerprint density at radius 1 is 1.00 bits per heavy atom. The number of anilines is 1. The molecule has 1 aromatic heterocycles. The van der Waals surface area contributed by atoms with Crippen LogP contribution in [0.3, 0.4) is 0 Å². The van der Waals surface area contributed by atoms with Crippen LogP contribution in [0, 0.1) is 22.7 Å². The fourth-order valence-electron chi connectivity index (χ4n) is 3.74. The molecule has 0 amide bonds. The van der Waals surface area contributed by atoms with Gasteiger partial charge in [0.05, 0.1) is 5.00 Å². The molecular weight excluding hydrogens is 414 g/mol. The lowest BCUT2D eigenvalue weighted by Gasteiger charge is -2.22. The average Bonchev–Trinajstić information content (AvgIpc) is 3.39. The maximum atomic E-state index is 12.9. The molecule has 0 atom stereocenters. The number of carbonyl (C=O) groups excluding carboxylic acids is 1. The molecule has 1 heterocycles. The fraction of sp³-hybridized carbons (Fsp3) is 0.296. The number of nitriles is 2. The van der Waals surface area contributed by atoms with Gasteiger partial charge in [0.2, 0.25) is 0 Å². The lowest BCUT2D eigenvalue weighted by Crippen LogP contribution is -2.24. The zero-order chi connectivity index (χ0) is 22.9. The summed E-state index contributed by atoms with van der Waals surface area (Å²) >= 11 is 1.74. The number of unbranched alkanes of at least 4 members (excludes halogenated alkanes) is 2. The highest BCUT2D eigenvalue weighted by molar-refractivity contribution is 7.16. The van der Waals surface area contributed by atoms with E-state index in [9.17, 15) is 15.3 Å². The maximum Gasteiger partial charge on any atom is 0.194 e. The van der Waals surface area contributed by atoms with Gasteiger partial charge in [-0.25, -0.2) is 0 Å². The minimum absolute atomic E-state index is 0.0381. The van der Waals surface area contributed by atoms with E-state index in [0.717, 1.165) is 18.0 Å². The average molecular weight is 442 g/mol. The minimum Gasteiger partial charge on any atom is -0.363 e. The van der Waals surface area contributed by atoms with E-state index in [2.05, 4.69) is 30.9 Å². The van der Waals surface area contributed by atoms with Crippen molar-refractivity contribution in [1.82, 2.24) is 0 Å². The number of hydrogen-bond donors (Lipinski definition) is 0. The summed E-state index contributed by atoms with van der Waals surface area (Å²) in [6.45, 7) is 6.55. The molecule has 0 bridgehead atoms. The molecule has 1 aliphatic rings. The maximum absolute atomic E-state index is 12.9. The number of nitrogens with zero attached hydrogens (tertiary/aromatic N) is 3. The van der Waals surface area contributed by atoms with Crippen LogP contribution >= 0.6 is 11.3 Å². The van der Waals surface area contributed by atoms with E-state index in [1.807, 2.05) is 30.4 Å². The van der Waals surface area contributed by atoms with E-state index in [1.165, 1.54) is 30.7 Å². The smallest absolute Gasteiger partial charge is 0.194 e. The number of hydrogen-bond acceptors (Lipinski definition) is 5. The van der Waals surface area contributed by atoms with E-state index in [1.54, 1.807) is 35.6 Å². The first-order valence-electron chi connectivity index (χ1n) is 11.1. The van der Waals surface area contributed by atoms with Gasteiger partial charge in [-0.1, -0.05) is 63.1 Å². The molecule has 0 unspecified atom stereocenters. The fourth-order valence-corrected chi connectivity index (χ4v) is 4.71. The van der Waals surface area contributed by atoms with Crippen LogP contribution in [0.2, 0.25) is 0 Å². The Hall–Kier alpha value is -3.41. The third kappa shape index (κ3) is 5.07. The monoisotopic (exact) mass is 441 g/mol. The predicted molar refractivity (Wildman–Crippen MR) is 132 cm³/mol. The van der Waals surface area contributed by atoms with E-state index >= 15 is 0 Å². The van der Waals surface area contributed by atoms with Crippen molar-refractivity contribution < 1.29 is 4.79 Å². The summed E-state index contributed by atoms with van der Waals surface area (Å²) in [5.74, 6) is -0.152. The normalized spacial score (nSPS) is 13.9. The summed E-state index contributed by atoms with van der Waals surface area (Å²) in [4.78, 5) is 16.5. The van der Waals surface area contributed by atoms with Crippen molar-refractivity contribution in [3.8, 4) is 12.1 Å². The first kappa shape index (κ1) is 23.3. The topological polar surface area (TPSA) is 67.9 Å². The highest BCUT2D eigenvalue weighted by atomic mass is 32.1. The van der Waals surface area contributed by atoms with Crippen LogP contribution in [0.1, 0.15) is 60.3 Å². The molecule has 0 spiro atoms. The number of thiophene rings is 1. The standard InChI is InChI=1S/C27H27N3OS/c1-3-5-16-30(17-6-4-2)25-15-14-21(32-25)10-9-13-24-26(20(18-28)19-29)22-11-7-8-12-23(22)27(24)31/h7-15H,3-6,16-17H2,1-2H3/b10-9+,24-13+. The molecule has 4 nitrogen and oxygen atoms in total. The second-order valence-electron chi connectivity index (χ2n) is 7.66. The zero-order valence-corrected chi connectivity index (χ0v) is 19.4. The van der Waals surface area contributed by atoms with Gasteiger partial charge in [0.1, 0.15) is 17.7 Å². The van der Waals surface area contributed by atoms with Crippen molar-refractivity contribution in [1.29, 1.82) is 10.5 Å². The molecule has 0 fully saturated rings. The molecule has 32 heavy (non-hydrogen) atoms. The second kappa shape index (κ2) is 11.3. The number of benzene rings is 1. The molecule has 3 rings (SSSR count). The molecule has 1 aromatic carbocycles. The van der Waals surface area contributed by atoms with Crippen molar-refractivity contribution in [2.75, 3.05) is 18.0 Å². The van der Waals surface area contributed by atoms with E-state index in [4.69, 9.17) is 0 Å². The Morgan fingerprint density at radius 2 is 1.66 bits per heavy atom. The van der Waals surface area contributed by atoms with Gasteiger partial charge < -0.3 is 4.90 Å². The number of allylic oxidation sites excluding steroid dienone is 5. The lowest BCUT2D eigenvalue weighted by molar-refractivity contribution is 0.104. The van der Waals surface area contributed by atoms with Gasteiger partial charge in [0, 0.05) is 34.7 Å². The lowest BCUT2D eigenvalue weighted by atomic mass is 9.99. The molecule has 1 aliphatic carbocycles. The van der Waals surface area contributed by atoms with Gasteiger partial charge >= 0.3 is 0 Å². The molecule has 2 aromatic rings. The number of Topliss-reactive ketones (excluding diaryl/α,β-unsaturated/α-hetero) is 1. The Labute approximate surface area is 194 Å². The first-order valence-corrected chi connectivity index (χ1v) is 11.9. The number of ketones is 1. The summed E-state index contributed by atoms with van der Waals surface area (Å²) in [7, 11) is 0. The summed E-state index contributed by atoms with van der Waals surface area (Å²) in [5, 5.41) is 20.1. The SMILES string of the molecule is CCCCN(CCCC)c1ccc(/C=C/C=C2/C(=O)c3ccccc3C2=C(C#N)C#N)s1. The molecule has 0 saturated heterocycles. The highest BCUT2D eigenvalue weighted by Crippen LogP contribution is 2.38. The van der Waals surface area contributed by atoms with Gasteiger partial charge in [0.25, 0.3) is 0 Å². The Morgan fingerprint density at radius 3 is 2.28 bits per heavy atom. The molecule has 0 N–H and O–H groups in total. The summed E-state index contributed by atoms with van der Waals surface area (Å²) in [6.07, 6.45) is 10.2. The summed E-state index contributed by atoms with van der Waals surface area (Å²) < 4.78 is 0. The van der Waals surface area contributed by atoms with Gasteiger partial charge in [-0.3, -0.25) is 4.79 Å². The quantitative estimate of drug-likeness (QED) is 0.317. The van der Waals surface area contributed by atoms with Gasteiger partial charge in [-0.15, -0.1) is 11.3 Å². The minimum atomic E-state index is -0.152. The van der Waals surface area contributed by atoms with Crippen LogP contribution in [0.15, 0.2) is 59.7 Å². The predicted octanol–water partition coefficient (Wildman–Crippen LogP) is 6.79. The Balaban J connectivity index is 1.87. The van der Waals surface area contributed by atoms with Crippen molar-refractivity contribution in [3.63, 3.8) is 0 Å². The van der Waals surface area contributed by atoms with Crippen LogP contribution in [0.25, 0.3) is 11.6 Å². The largest absolute Gasteiger partial charge is 0.363 e. The Kier molecular flexibility index (Phi) is 8.20. The van der Waals surface area contributed by atoms with Crippen molar-refractivity contribution in [2.45, 2.75) is 39.5 Å². The summed E-state index contributed by atoms with van der Waals surface area (Å²) in [6, 6.07) is 15.3. The molecule has 0 saturated carbocycles. The van der Waals surface area contributed by atoms with E-state index in [0.29, 0.717) is 22.3 Å². The van der Waals surface area contributed by atoms with Crippen LogP contribution in [-0.4, -0.2) is 18.9 Å². The number of rotatable bonds is 9. The zero-order valence-electron chi connectivity index (χ0n) is 18.6. The third-order valence-corrected chi connectivity index (χ3v) is 6.55. The second-order valence-corrected chi connectivity index (χ2v) is 8.75. The molecular formula is C27H27N3OS.